The number of ether oxygens (including phenoxy) is 1. The Morgan fingerprint density at radius 3 is 2.78 bits per heavy atom. The molecule has 1 N–H and O–H groups in total. The van der Waals surface area contributed by atoms with Crippen LogP contribution in [0.5, 0.6) is 5.75 Å². The molecule has 5 rings (SSSR count). The lowest BCUT2D eigenvalue weighted by Gasteiger charge is -2.32. The van der Waals surface area contributed by atoms with Gasteiger partial charge in [0, 0.05) is 24.1 Å². The van der Waals surface area contributed by atoms with E-state index in [9.17, 15) is 9.18 Å². The molecule has 0 aliphatic carbocycles. The van der Waals surface area contributed by atoms with Crippen LogP contribution in [0.1, 0.15) is 31.4 Å². The van der Waals surface area contributed by atoms with Gasteiger partial charge >= 0.3 is 5.97 Å². The van der Waals surface area contributed by atoms with E-state index < -0.39 is 11.8 Å². The third-order valence-corrected chi connectivity index (χ3v) is 6.99. The molecule has 37 heavy (non-hydrogen) atoms. The van der Waals surface area contributed by atoms with Crippen molar-refractivity contribution in [2.45, 2.75) is 32.1 Å². The number of likely N-dealkylation sites (tertiary alicyclic amines) is 1. The lowest BCUT2D eigenvalue weighted by molar-refractivity contribution is -0.137. The molecule has 3 heterocycles. The zero-order valence-electron chi connectivity index (χ0n) is 20.8. The highest BCUT2D eigenvalue weighted by atomic mass is 19.1. The number of benzene rings is 2. The molecule has 0 bridgehead atoms. The first kappa shape index (κ1) is 24.9. The molecule has 0 saturated carbocycles. The molecule has 0 spiro atoms. The van der Waals surface area contributed by atoms with E-state index in [2.05, 4.69) is 14.9 Å². The standard InChI is InChI=1S/C29H30FN3O4/c1-36-24-12-11-21(16-22(24)30)26-27-23(15-19-7-5-13-33(17-19)14-6-10-25(34)35)31-18-32-29(27)37-28(26)20-8-3-2-4-9-20/h2-4,8-9,11-12,16,18-19H,5-7,10,13-15,17H2,1H3,(H,34,35)/t19-/m0/s1. The zero-order valence-corrected chi connectivity index (χ0v) is 20.8. The van der Waals surface area contributed by atoms with E-state index in [0.717, 1.165) is 61.1 Å². The predicted octanol–water partition coefficient (Wildman–Crippen LogP) is 5.82. The zero-order chi connectivity index (χ0) is 25.8. The largest absolute Gasteiger partial charge is 0.494 e. The lowest BCUT2D eigenvalue weighted by Crippen LogP contribution is -2.37. The van der Waals surface area contributed by atoms with Crippen LogP contribution in [0.2, 0.25) is 0 Å². The Balaban J connectivity index is 1.53. The summed E-state index contributed by atoms with van der Waals surface area (Å²) in [6.07, 6.45) is 5.22. The van der Waals surface area contributed by atoms with Gasteiger partial charge in [0.25, 0.3) is 0 Å². The molecule has 1 aliphatic rings. The minimum Gasteiger partial charge on any atom is -0.494 e. The number of rotatable bonds is 9. The maximum atomic E-state index is 14.8. The number of nitrogens with zero attached hydrogens (tertiary/aromatic N) is 3. The normalized spacial score (nSPS) is 16.2. The molecule has 2 aromatic carbocycles. The summed E-state index contributed by atoms with van der Waals surface area (Å²) in [5.41, 5.74) is 3.67. The molecule has 4 aromatic rings. The fourth-order valence-corrected chi connectivity index (χ4v) is 5.29. The molecule has 0 amide bonds. The summed E-state index contributed by atoms with van der Waals surface area (Å²) in [7, 11) is 1.45. The van der Waals surface area contributed by atoms with E-state index in [1.807, 2.05) is 36.4 Å². The van der Waals surface area contributed by atoms with Crippen molar-refractivity contribution in [1.82, 2.24) is 14.9 Å². The number of halogens is 1. The highest BCUT2D eigenvalue weighted by Gasteiger charge is 2.26. The lowest BCUT2D eigenvalue weighted by atomic mass is 9.90. The summed E-state index contributed by atoms with van der Waals surface area (Å²) in [5, 5.41) is 9.77. The van der Waals surface area contributed by atoms with Gasteiger partial charge < -0.3 is 19.2 Å². The van der Waals surface area contributed by atoms with E-state index in [1.165, 1.54) is 19.5 Å². The van der Waals surface area contributed by atoms with Crippen molar-refractivity contribution in [2.24, 2.45) is 5.92 Å². The van der Waals surface area contributed by atoms with Gasteiger partial charge in [-0.05, 0) is 62.4 Å². The van der Waals surface area contributed by atoms with Crippen LogP contribution in [0.3, 0.4) is 0 Å². The predicted molar refractivity (Wildman–Crippen MR) is 139 cm³/mol. The Kier molecular flexibility index (Phi) is 7.46. The number of piperidine rings is 1. The number of aromatic nitrogens is 2. The number of hydrogen-bond acceptors (Lipinski definition) is 6. The summed E-state index contributed by atoms with van der Waals surface area (Å²) in [6.45, 7) is 2.65. The van der Waals surface area contributed by atoms with Gasteiger partial charge in [0.15, 0.2) is 11.6 Å². The Labute approximate surface area is 214 Å². The Hall–Kier alpha value is -3.78. The van der Waals surface area contributed by atoms with Gasteiger partial charge in [-0.15, -0.1) is 0 Å². The van der Waals surface area contributed by atoms with Crippen molar-refractivity contribution in [1.29, 1.82) is 0 Å². The minimum atomic E-state index is -0.756. The second-order valence-electron chi connectivity index (χ2n) is 9.53. The number of carboxylic acids is 1. The molecule has 7 nitrogen and oxygen atoms in total. The molecule has 1 saturated heterocycles. The van der Waals surface area contributed by atoms with Gasteiger partial charge in [-0.2, -0.15) is 0 Å². The summed E-state index contributed by atoms with van der Waals surface area (Å²) < 4.78 is 26.2. The maximum absolute atomic E-state index is 14.8. The van der Waals surface area contributed by atoms with Gasteiger partial charge in [0.1, 0.15) is 12.1 Å². The molecule has 1 aliphatic heterocycles. The van der Waals surface area contributed by atoms with Crippen LogP contribution in [0.25, 0.3) is 33.6 Å². The first-order chi connectivity index (χ1) is 18.0. The number of carboxylic acid groups (broad SMARTS) is 1. The number of furan rings is 1. The SMILES string of the molecule is COc1ccc(-c2c(-c3ccccc3)oc3ncnc(C[C@@H]4CCCN(CCCC(=O)O)C4)c23)cc1F. The Morgan fingerprint density at radius 2 is 2.03 bits per heavy atom. The maximum Gasteiger partial charge on any atom is 0.303 e. The fourth-order valence-electron chi connectivity index (χ4n) is 5.29. The summed E-state index contributed by atoms with van der Waals surface area (Å²) in [6, 6.07) is 14.7. The van der Waals surface area contributed by atoms with Crippen LogP contribution in [-0.4, -0.2) is 52.7 Å². The van der Waals surface area contributed by atoms with Crippen molar-refractivity contribution in [3.8, 4) is 28.2 Å². The highest BCUT2D eigenvalue weighted by Crippen LogP contribution is 2.42. The van der Waals surface area contributed by atoms with E-state index >= 15 is 0 Å². The van der Waals surface area contributed by atoms with Crippen molar-refractivity contribution in [3.63, 3.8) is 0 Å². The van der Waals surface area contributed by atoms with Crippen LogP contribution >= 0.6 is 0 Å². The third kappa shape index (κ3) is 5.49. The van der Waals surface area contributed by atoms with E-state index in [-0.39, 0.29) is 12.2 Å². The quantitative estimate of drug-likeness (QED) is 0.308. The summed E-state index contributed by atoms with van der Waals surface area (Å²) in [5.74, 6) is -0.0304. The highest BCUT2D eigenvalue weighted by molar-refractivity contribution is 6.01. The molecule has 192 valence electrons. The Morgan fingerprint density at radius 1 is 1.19 bits per heavy atom. The molecule has 0 radical (unpaired) electrons. The Bertz CT molecular complexity index is 1390. The average Bonchev–Trinajstić information content (AvgIpc) is 3.30. The van der Waals surface area contributed by atoms with Gasteiger partial charge in [-0.25, -0.2) is 14.4 Å². The van der Waals surface area contributed by atoms with Crippen LogP contribution in [0, 0.1) is 11.7 Å². The van der Waals surface area contributed by atoms with Gasteiger partial charge in [-0.3, -0.25) is 4.79 Å². The van der Waals surface area contributed by atoms with Crippen molar-refractivity contribution in [3.05, 3.63) is 66.4 Å². The minimum absolute atomic E-state index is 0.180. The van der Waals surface area contributed by atoms with Gasteiger partial charge in [-0.1, -0.05) is 36.4 Å². The summed E-state index contributed by atoms with van der Waals surface area (Å²) in [4.78, 5) is 22.4. The van der Waals surface area contributed by atoms with Crippen LogP contribution in [0.15, 0.2) is 59.3 Å². The third-order valence-electron chi connectivity index (χ3n) is 6.99. The van der Waals surface area contributed by atoms with Gasteiger partial charge in [0.2, 0.25) is 5.71 Å². The van der Waals surface area contributed by atoms with E-state index in [4.69, 9.17) is 14.3 Å². The van der Waals surface area contributed by atoms with Crippen LogP contribution in [-0.2, 0) is 11.2 Å². The molecular weight excluding hydrogens is 473 g/mol. The monoisotopic (exact) mass is 503 g/mol. The average molecular weight is 504 g/mol. The number of aliphatic carboxylic acids is 1. The first-order valence-electron chi connectivity index (χ1n) is 12.6. The molecule has 2 aromatic heterocycles. The van der Waals surface area contributed by atoms with Gasteiger partial charge in [0.05, 0.1) is 18.2 Å². The van der Waals surface area contributed by atoms with Crippen molar-refractivity contribution >= 4 is 17.1 Å². The fraction of sp³-hybridized carbons (Fsp3) is 0.345. The molecular formula is C29H30FN3O4. The number of carbonyl (C=O) groups is 1. The smallest absolute Gasteiger partial charge is 0.303 e. The van der Waals surface area contributed by atoms with Crippen LogP contribution < -0.4 is 4.74 Å². The molecule has 0 unspecified atom stereocenters. The van der Waals surface area contributed by atoms with E-state index in [0.29, 0.717) is 29.4 Å². The second-order valence-corrected chi connectivity index (χ2v) is 9.53. The second kappa shape index (κ2) is 11.1. The number of fused-ring (bicyclic) bond motifs is 1. The number of hydrogen-bond donors (Lipinski definition) is 1. The first-order valence-corrected chi connectivity index (χ1v) is 12.6. The van der Waals surface area contributed by atoms with Crippen LogP contribution in [0.4, 0.5) is 4.39 Å². The number of methoxy groups -OCH3 is 1. The van der Waals surface area contributed by atoms with Crippen molar-refractivity contribution in [2.75, 3.05) is 26.7 Å². The molecule has 8 heteroatoms. The molecule has 1 fully saturated rings. The van der Waals surface area contributed by atoms with E-state index in [1.54, 1.807) is 6.07 Å². The van der Waals surface area contributed by atoms with Crippen molar-refractivity contribution < 1.29 is 23.4 Å². The molecule has 1 atom stereocenters. The topological polar surface area (TPSA) is 88.7 Å². The summed E-state index contributed by atoms with van der Waals surface area (Å²) >= 11 is 0.